The van der Waals surface area contributed by atoms with Gasteiger partial charge in [0.15, 0.2) is 0 Å². The maximum atomic E-state index is 12.2. The summed E-state index contributed by atoms with van der Waals surface area (Å²) in [5.41, 5.74) is 1.46. The quantitative estimate of drug-likeness (QED) is 0.807. The molecule has 4 nitrogen and oxygen atoms in total. The van der Waals surface area contributed by atoms with Crippen LogP contribution in [0.4, 0.5) is 0 Å². The van der Waals surface area contributed by atoms with Crippen LogP contribution < -0.4 is 5.32 Å². The maximum absolute atomic E-state index is 12.2. The molecule has 0 saturated heterocycles. The van der Waals surface area contributed by atoms with Crippen LogP contribution in [0.15, 0.2) is 18.2 Å². The third-order valence-corrected chi connectivity index (χ3v) is 3.75. The minimum Gasteiger partial charge on any atom is -0.481 e. The Bertz CT molecular complexity index is 516. The SMILES string of the molecule is Cc1ccc(Cl)cc1C(=O)NC(C)CCCC(C)C(=O)O. The number of rotatable bonds is 7. The molecular weight excluding hydrogens is 290 g/mol. The Hall–Kier alpha value is -1.55. The number of carbonyl (C=O) groups excluding carboxylic acids is 1. The first kappa shape index (κ1) is 17.5. The smallest absolute Gasteiger partial charge is 0.306 e. The number of halogens is 1. The zero-order valence-electron chi connectivity index (χ0n) is 12.6. The summed E-state index contributed by atoms with van der Waals surface area (Å²) in [5.74, 6) is -1.27. The number of aliphatic carboxylic acids is 1. The fourth-order valence-corrected chi connectivity index (χ4v) is 2.24. The van der Waals surface area contributed by atoms with Gasteiger partial charge in [-0.3, -0.25) is 9.59 Å². The van der Waals surface area contributed by atoms with Gasteiger partial charge in [-0.2, -0.15) is 0 Å². The molecule has 116 valence electrons. The van der Waals surface area contributed by atoms with Gasteiger partial charge in [0, 0.05) is 16.6 Å². The molecule has 5 heteroatoms. The second kappa shape index (κ2) is 8.03. The molecule has 0 fully saturated rings. The van der Waals surface area contributed by atoms with E-state index in [9.17, 15) is 9.59 Å². The third kappa shape index (κ3) is 5.76. The van der Waals surface area contributed by atoms with Crippen molar-refractivity contribution in [3.8, 4) is 0 Å². The van der Waals surface area contributed by atoms with Crippen LogP contribution in [0.1, 0.15) is 49.0 Å². The maximum Gasteiger partial charge on any atom is 0.306 e. The molecule has 1 aromatic carbocycles. The van der Waals surface area contributed by atoms with Crippen molar-refractivity contribution in [2.75, 3.05) is 0 Å². The van der Waals surface area contributed by atoms with Gasteiger partial charge in [-0.05, 0) is 44.4 Å². The summed E-state index contributed by atoms with van der Waals surface area (Å²) >= 11 is 5.91. The molecule has 2 N–H and O–H groups in total. The lowest BCUT2D eigenvalue weighted by atomic mass is 10.0. The first-order chi connectivity index (χ1) is 9.81. The van der Waals surface area contributed by atoms with Crippen molar-refractivity contribution in [3.63, 3.8) is 0 Å². The van der Waals surface area contributed by atoms with Gasteiger partial charge < -0.3 is 10.4 Å². The summed E-state index contributed by atoms with van der Waals surface area (Å²) in [6.07, 6.45) is 2.14. The Morgan fingerprint density at radius 3 is 2.57 bits per heavy atom. The molecule has 0 aromatic heterocycles. The minimum atomic E-state index is -0.777. The van der Waals surface area contributed by atoms with Gasteiger partial charge >= 0.3 is 5.97 Å². The lowest BCUT2D eigenvalue weighted by Gasteiger charge is -2.15. The summed E-state index contributed by atoms with van der Waals surface area (Å²) in [4.78, 5) is 22.9. The third-order valence-electron chi connectivity index (χ3n) is 3.52. The lowest BCUT2D eigenvalue weighted by molar-refractivity contribution is -0.141. The molecule has 1 aromatic rings. The number of nitrogens with one attached hydrogen (secondary N) is 1. The van der Waals surface area contributed by atoms with Crippen LogP contribution in [0.3, 0.4) is 0 Å². The second-order valence-electron chi connectivity index (χ2n) is 5.50. The van der Waals surface area contributed by atoms with E-state index in [0.717, 1.165) is 18.4 Å². The van der Waals surface area contributed by atoms with Crippen LogP contribution >= 0.6 is 11.6 Å². The predicted molar refractivity (Wildman–Crippen MR) is 83.8 cm³/mol. The number of amides is 1. The molecular formula is C16H22ClNO3. The van der Waals surface area contributed by atoms with Crippen LogP contribution in [-0.2, 0) is 4.79 Å². The summed E-state index contributed by atoms with van der Waals surface area (Å²) < 4.78 is 0. The van der Waals surface area contributed by atoms with Gasteiger partial charge in [-0.1, -0.05) is 31.0 Å². The topological polar surface area (TPSA) is 66.4 Å². The summed E-state index contributed by atoms with van der Waals surface area (Å²) in [7, 11) is 0. The van der Waals surface area contributed by atoms with Crippen LogP contribution in [0.25, 0.3) is 0 Å². The zero-order valence-corrected chi connectivity index (χ0v) is 13.4. The Balaban J connectivity index is 2.47. The number of aryl methyl sites for hydroxylation is 1. The van der Waals surface area contributed by atoms with Crippen LogP contribution in [0.2, 0.25) is 5.02 Å². The number of benzene rings is 1. The highest BCUT2D eigenvalue weighted by Gasteiger charge is 2.14. The Labute approximate surface area is 130 Å². The normalized spacial score (nSPS) is 13.5. The van der Waals surface area contributed by atoms with Crippen LogP contribution in [-0.4, -0.2) is 23.0 Å². The monoisotopic (exact) mass is 311 g/mol. The molecule has 0 saturated carbocycles. The number of carboxylic acid groups (broad SMARTS) is 1. The fraction of sp³-hybridized carbons (Fsp3) is 0.500. The lowest BCUT2D eigenvalue weighted by Crippen LogP contribution is -2.33. The van der Waals surface area contributed by atoms with E-state index in [1.54, 1.807) is 19.1 Å². The van der Waals surface area contributed by atoms with E-state index in [1.807, 2.05) is 19.9 Å². The summed E-state index contributed by atoms with van der Waals surface area (Å²) in [6.45, 7) is 5.48. The summed E-state index contributed by atoms with van der Waals surface area (Å²) in [5, 5.41) is 12.3. The second-order valence-corrected chi connectivity index (χ2v) is 5.94. The molecule has 0 aliphatic carbocycles. The number of carboxylic acids is 1. The standard InChI is InChI=1S/C16H22ClNO3/c1-10-7-8-13(17)9-14(10)15(19)18-12(3)6-4-5-11(2)16(20)21/h7-9,11-12H,4-6H2,1-3H3,(H,18,19)(H,20,21). The van der Waals surface area contributed by atoms with Gasteiger partial charge in [0.2, 0.25) is 0 Å². The number of hydrogen-bond donors (Lipinski definition) is 2. The van der Waals surface area contributed by atoms with Crippen LogP contribution in [0, 0.1) is 12.8 Å². The average molecular weight is 312 g/mol. The minimum absolute atomic E-state index is 0.00289. The van der Waals surface area contributed by atoms with Gasteiger partial charge in [0.25, 0.3) is 5.91 Å². The highest BCUT2D eigenvalue weighted by Crippen LogP contribution is 2.16. The van der Waals surface area contributed by atoms with Gasteiger partial charge in [0.05, 0.1) is 5.92 Å². The highest BCUT2D eigenvalue weighted by atomic mass is 35.5. The molecule has 1 amide bonds. The molecule has 2 atom stereocenters. The van der Waals surface area contributed by atoms with Crippen LogP contribution in [0.5, 0.6) is 0 Å². The first-order valence-electron chi connectivity index (χ1n) is 7.11. The van der Waals surface area contributed by atoms with E-state index >= 15 is 0 Å². The van der Waals surface area contributed by atoms with Gasteiger partial charge in [0.1, 0.15) is 0 Å². The molecule has 0 aliphatic rings. The van der Waals surface area contributed by atoms with E-state index in [0.29, 0.717) is 17.0 Å². The van der Waals surface area contributed by atoms with Crippen molar-refractivity contribution in [2.45, 2.75) is 46.1 Å². The van der Waals surface area contributed by atoms with Gasteiger partial charge in [-0.15, -0.1) is 0 Å². The van der Waals surface area contributed by atoms with Crippen molar-refractivity contribution >= 4 is 23.5 Å². The molecule has 21 heavy (non-hydrogen) atoms. The van der Waals surface area contributed by atoms with E-state index in [1.165, 1.54) is 0 Å². The zero-order chi connectivity index (χ0) is 16.0. The Kier molecular flexibility index (Phi) is 6.69. The largest absolute Gasteiger partial charge is 0.481 e. The number of carbonyl (C=O) groups is 2. The average Bonchev–Trinajstić information content (AvgIpc) is 2.41. The first-order valence-corrected chi connectivity index (χ1v) is 7.49. The van der Waals surface area contributed by atoms with E-state index in [2.05, 4.69) is 5.32 Å². The van der Waals surface area contributed by atoms with Gasteiger partial charge in [-0.25, -0.2) is 0 Å². The Morgan fingerprint density at radius 1 is 1.29 bits per heavy atom. The number of hydrogen-bond acceptors (Lipinski definition) is 2. The van der Waals surface area contributed by atoms with E-state index in [-0.39, 0.29) is 17.9 Å². The van der Waals surface area contributed by atoms with Crippen molar-refractivity contribution in [1.82, 2.24) is 5.32 Å². The van der Waals surface area contributed by atoms with Crippen molar-refractivity contribution in [3.05, 3.63) is 34.3 Å². The summed E-state index contributed by atoms with van der Waals surface area (Å²) in [6, 6.07) is 5.23. The molecule has 0 heterocycles. The molecule has 2 unspecified atom stereocenters. The fourth-order valence-electron chi connectivity index (χ4n) is 2.07. The van der Waals surface area contributed by atoms with Crippen molar-refractivity contribution < 1.29 is 14.7 Å². The molecule has 0 radical (unpaired) electrons. The van der Waals surface area contributed by atoms with Crippen molar-refractivity contribution in [1.29, 1.82) is 0 Å². The predicted octanol–water partition coefficient (Wildman–Crippen LogP) is 3.66. The molecule has 1 rings (SSSR count). The molecule has 0 spiro atoms. The van der Waals surface area contributed by atoms with E-state index < -0.39 is 5.97 Å². The van der Waals surface area contributed by atoms with E-state index in [4.69, 9.17) is 16.7 Å². The van der Waals surface area contributed by atoms with Crippen molar-refractivity contribution in [2.24, 2.45) is 5.92 Å². The Morgan fingerprint density at radius 2 is 1.95 bits per heavy atom. The molecule has 0 aliphatic heterocycles. The molecule has 0 bridgehead atoms. The highest BCUT2D eigenvalue weighted by molar-refractivity contribution is 6.31.